The van der Waals surface area contributed by atoms with Gasteiger partial charge in [0.2, 0.25) is 0 Å². The number of piperazine rings is 1. The molecule has 0 aliphatic carbocycles. The molecule has 29 heavy (non-hydrogen) atoms. The average molecular weight is 498 g/mol. The van der Waals surface area contributed by atoms with Crippen molar-refractivity contribution in [1.29, 1.82) is 0 Å². The van der Waals surface area contributed by atoms with Crippen LogP contribution in [0.15, 0.2) is 40.9 Å². The highest BCUT2D eigenvalue weighted by Gasteiger charge is 2.21. The maximum atomic E-state index is 12.7. The minimum absolute atomic E-state index is 0.190. The second-order valence-corrected chi connectivity index (χ2v) is 8.41. The van der Waals surface area contributed by atoms with Crippen molar-refractivity contribution in [2.75, 3.05) is 50.6 Å². The molecule has 2 N–H and O–H groups in total. The number of para-hydroxylation sites is 1. The Labute approximate surface area is 189 Å². The number of amides is 1. The van der Waals surface area contributed by atoms with Crippen LogP contribution in [0.1, 0.15) is 10.4 Å². The lowest BCUT2D eigenvalue weighted by Crippen LogP contribution is -2.45. The minimum atomic E-state index is -0.358. The van der Waals surface area contributed by atoms with Gasteiger partial charge in [-0.15, -0.1) is 0 Å². The summed E-state index contributed by atoms with van der Waals surface area (Å²) in [6.45, 7) is 3.63. The number of carbonyl (C=O) groups is 1. The third kappa shape index (κ3) is 5.39. The number of thiocarbonyl (C=S) groups is 1. The fourth-order valence-electron chi connectivity index (χ4n) is 3.15. The molecule has 6 nitrogen and oxygen atoms in total. The topological polar surface area (TPSA) is 56.8 Å². The van der Waals surface area contributed by atoms with Crippen molar-refractivity contribution in [1.82, 2.24) is 10.2 Å². The fraction of sp³-hybridized carbons (Fsp3) is 0.300. The molecule has 0 aromatic heterocycles. The van der Waals surface area contributed by atoms with Gasteiger partial charge in [0.25, 0.3) is 5.91 Å². The van der Waals surface area contributed by atoms with Crippen LogP contribution in [0.5, 0.6) is 5.75 Å². The Balaban J connectivity index is 1.75. The van der Waals surface area contributed by atoms with E-state index in [9.17, 15) is 4.79 Å². The van der Waals surface area contributed by atoms with Crippen LogP contribution in [0, 0.1) is 0 Å². The van der Waals surface area contributed by atoms with Gasteiger partial charge in [0.1, 0.15) is 5.75 Å². The lowest BCUT2D eigenvalue weighted by atomic mass is 10.2. The molecule has 1 amide bonds. The van der Waals surface area contributed by atoms with Crippen LogP contribution in [0.25, 0.3) is 0 Å². The molecule has 1 fully saturated rings. The van der Waals surface area contributed by atoms with E-state index in [0.29, 0.717) is 16.3 Å². The van der Waals surface area contributed by atoms with Crippen LogP contribution in [0.3, 0.4) is 0 Å². The van der Waals surface area contributed by atoms with Gasteiger partial charge in [-0.05, 0) is 49.6 Å². The Morgan fingerprint density at radius 1 is 1.21 bits per heavy atom. The standard InChI is InChI=1S/C20H22BrClN4O2S/c1-25-8-10-26(11-9-25)18-15(22)4-3-5-16(18)23-20(29)24-19(27)14-12-13(21)6-7-17(14)28-2/h3-7,12H,8-11H2,1-2H3,(H2,23,24,27,29). The van der Waals surface area contributed by atoms with Crippen LogP contribution >= 0.6 is 39.7 Å². The number of hydrogen-bond acceptors (Lipinski definition) is 5. The predicted molar refractivity (Wildman–Crippen MR) is 126 cm³/mol. The smallest absolute Gasteiger partial charge is 0.261 e. The number of methoxy groups -OCH3 is 1. The predicted octanol–water partition coefficient (Wildman–Crippen LogP) is 3.99. The van der Waals surface area contributed by atoms with Crippen LogP contribution in [-0.4, -0.2) is 56.3 Å². The number of rotatable bonds is 4. The van der Waals surface area contributed by atoms with E-state index in [-0.39, 0.29) is 11.0 Å². The summed E-state index contributed by atoms with van der Waals surface area (Å²) in [6, 6.07) is 10.8. The molecule has 1 aliphatic rings. The summed E-state index contributed by atoms with van der Waals surface area (Å²) in [5, 5.41) is 6.66. The normalized spacial score (nSPS) is 14.4. The Kier molecular flexibility index (Phi) is 7.34. The summed E-state index contributed by atoms with van der Waals surface area (Å²) < 4.78 is 6.04. The quantitative estimate of drug-likeness (QED) is 0.623. The SMILES string of the molecule is COc1ccc(Br)cc1C(=O)NC(=S)Nc1cccc(Cl)c1N1CCN(C)CC1. The number of halogens is 2. The van der Waals surface area contributed by atoms with Crippen molar-refractivity contribution >= 4 is 62.1 Å². The number of anilines is 2. The van der Waals surface area contributed by atoms with Gasteiger partial charge in [-0.1, -0.05) is 33.6 Å². The molecule has 0 bridgehead atoms. The van der Waals surface area contributed by atoms with E-state index in [1.807, 2.05) is 18.2 Å². The highest BCUT2D eigenvalue weighted by atomic mass is 79.9. The van der Waals surface area contributed by atoms with Crippen molar-refractivity contribution in [2.24, 2.45) is 0 Å². The van der Waals surface area contributed by atoms with Gasteiger partial charge in [0.15, 0.2) is 5.11 Å². The molecule has 1 aliphatic heterocycles. The van der Waals surface area contributed by atoms with Gasteiger partial charge in [-0.25, -0.2) is 0 Å². The van der Waals surface area contributed by atoms with Crippen molar-refractivity contribution in [2.45, 2.75) is 0 Å². The van der Waals surface area contributed by atoms with Crippen LogP contribution in [0.2, 0.25) is 5.02 Å². The largest absolute Gasteiger partial charge is 0.496 e. The Morgan fingerprint density at radius 2 is 1.93 bits per heavy atom. The van der Waals surface area contributed by atoms with E-state index in [4.69, 9.17) is 28.6 Å². The lowest BCUT2D eigenvalue weighted by molar-refractivity contribution is 0.0974. The average Bonchev–Trinajstić information content (AvgIpc) is 2.69. The summed E-state index contributed by atoms with van der Waals surface area (Å²) in [5.74, 6) is 0.109. The third-order valence-corrected chi connectivity index (χ3v) is 5.69. The lowest BCUT2D eigenvalue weighted by Gasteiger charge is -2.35. The Morgan fingerprint density at radius 3 is 2.62 bits per heavy atom. The summed E-state index contributed by atoms with van der Waals surface area (Å²) in [5.41, 5.74) is 2.03. The molecule has 9 heteroatoms. The maximum absolute atomic E-state index is 12.7. The molecular weight excluding hydrogens is 476 g/mol. The zero-order chi connectivity index (χ0) is 21.0. The number of nitrogens with one attached hydrogen (secondary N) is 2. The second-order valence-electron chi connectivity index (χ2n) is 6.68. The van der Waals surface area contributed by atoms with E-state index in [0.717, 1.165) is 42.0 Å². The molecule has 1 heterocycles. The van der Waals surface area contributed by atoms with Crippen molar-refractivity contribution in [3.05, 3.63) is 51.5 Å². The van der Waals surface area contributed by atoms with E-state index >= 15 is 0 Å². The number of likely N-dealkylation sites (N-methyl/N-ethyl adjacent to an activating group) is 1. The van der Waals surface area contributed by atoms with Gasteiger partial charge in [0, 0.05) is 30.7 Å². The minimum Gasteiger partial charge on any atom is -0.496 e. The second kappa shape index (κ2) is 9.75. The first-order valence-electron chi connectivity index (χ1n) is 9.07. The maximum Gasteiger partial charge on any atom is 0.261 e. The van der Waals surface area contributed by atoms with Crippen LogP contribution in [-0.2, 0) is 0 Å². The fourth-order valence-corrected chi connectivity index (χ4v) is 4.01. The number of nitrogens with zero attached hydrogens (tertiary/aromatic N) is 2. The van der Waals surface area contributed by atoms with Crippen molar-refractivity contribution in [3.63, 3.8) is 0 Å². The molecule has 2 aromatic carbocycles. The van der Waals surface area contributed by atoms with Gasteiger partial charge in [0.05, 0.1) is 29.1 Å². The van der Waals surface area contributed by atoms with E-state index in [1.165, 1.54) is 7.11 Å². The molecule has 0 atom stereocenters. The Bertz CT molecular complexity index is 919. The highest BCUT2D eigenvalue weighted by Crippen LogP contribution is 2.34. The molecular formula is C20H22BrClN4O2S. The van der Waals surface area contributed by atoms with Gasteiger partial charge >= 0.3 is 0 Å². The first-order valence-corrected chi connectivity index (χ1v) is 10.6. The molecule has 3 rings (SSSR count). The number of ether oxygens (including phenoxy) is 1. The molecule has 0 unspecified atom stereocenters. The van der Waals surface area contributed by atoms with Gasteiger partial charge in [-0.2, -0.15) is 0 Å². The van der Waals surface area contributed by atoms with Crippen molar-refractivity contribution < 1.29 is 9.53 Å². The summed E-state index contributed by atoms with van der Waals surface area (Å²) in [7, 11) is 3.62. The third-order valence-electron chi connectivity index (χ3n) is 4.69. The molecule has 0 spiro atoms. The van der Waals surface area contributed by atoms with E-state index < -0.39 is 0 Å². The molecule has 0 radical (unpaired) electrons. The first kappa shape index (κ1) is 21.8. The van der Waals surface area contributed by atoms with E-state index in [1.54, 1.807) is 18.2 Å². The zero-order valence-electron chi connectivity index (χ0n) is 16.2. The molecule has 154 valence electrons. The van der Waals surface area contributed by atoms with E-state index in [2.05, 4.69) is 43.4 Å². The monoisotopic (exact) mass is 496 g/mol. The zero-order valence-corrected chi connectivity index (χ0v) is 19.3. The number of benzene rings is 2. The van der Waals surface area contributed by atoms with Crippen LogP contribution < -0.4 is 20.3 Å². The molecule has 1 saturated heterocycles. The number of carbonyl (C=O) groups excluding carboxylic acids is 1. The first-order chi connectivity index (χ1) is 13.9. The summed E-state index contributed by atoms with van der Waals surface area (Å²) >= 11 is 15.2. The molecule has 0 saturated carbocycles. The van der Waals surface area contributed by atoms with Crippen molar-refractivity contribution in [3.8, 4) is 5.75 Å². The van der Waals surface area contributed by atoms with Crippen LogP contribution in [0.4, 0.5) is 11.4 Å². The van der Waals surface area contributed by atoms with Gasteiger partial charge < -0.3 is 19.9 Å². The summed E-state index contributed by atoms with van der Waals surface area (Å²) in [6.07, 6.45) is 0. The van der Waals surface area contributed by atoms with Gasteiger partial charge in [-0.3, -0.25) is 10.1 Å². The molecule has 2 aromatic rings. The number of hydrogen-bond donors (Lipinski definition) is 2. The Hall–Kier alpha value is -1.87. The summed E-state index contributed by atoms with van der Waals surface area (Å²) in [4.78, 5) is 17.2. The highest BCUT2D eigenvalue weighted by molar-refractivity contribution is 9.10.